The van der Waals surface area contributed by atoms with Crippen molar-refractivity contribution in [3.63, 3.8) is 0 Å². The molecule has 0 spiro atoms. The van der Waals surface area contributed by atoms with Gasteiger partial charge in [-0.05, 0) is 36.8 Å². The van der Waals surface area contributed by atoms with Crippen molar-refractivity contribution in [1.29, 1.82) is 0 Å². The first-order chi connectivity index (χ1) is 16.1. The lowest BCUT2D eigenvalue weighted by molar-refractivity contribution is 0.0958. The van der Waals surface area contributed by atoms with Crippen LogP contribution in [0.2, 0.25) is 0 Å². The van der Waals surface area contributed by atoms with Crippen LogP contribution in [0.25, 0.3) is 10.9 Å². The van der Waals surface area contributed by atoms with Crippen LogP contribution in [0.3, 0.4) is 0 Å². The number of nitrogens with zero attached hydrogens (tertiary/aromatic N) is 6. The fourth-order valence-corrected chi connectivity index (χ4v) is 4.44. The van der Waals surface area contributed by atoms with Crippen molar-refractivity contribution in [2.75, 3.05) is 43.4 Å². The number of pyridine rings is 1. The van der Waals surface area contributed by atoms with E-state index in [-0.39, 0.29) is 11.6 Å². The fourth-order valence-electron chi connectivity index (χ4n) is 4.44. The van der Waals surface area contributed by atoms with Gasteiger partial charge in [-0.15, -0.1) is 0 Å². The van der Waals surface area contributed by atoms with Gasteiger partial charge in [0, 0.05) is 46.3 Å². The number of carbonyl (C=O) groups excluding carboxylic acids is 1. The van der Waals surface area contributed by atoms with E-state index in [0.717, 1.165) is 55.0 Å². The number of benzene rings is 1. The molecule has 10 heteroatoms. The van der Waals surface area contributed by atoms with E-state index >= 15 is 0 Å². The van der Waals surface area contributed by atoms with Gasteiger partial charge in [-0.3, -0.25) is 14.3 Å². The van der Waals surface area contributed by atoms with Crippen LogP contribution in [0, 0.1) is 0 Å². The second-order valence-corrected chi connectivity index (χ2v) is 8.15. The Hall–Kier alpha value is -3.79. The molecule has 0 unspecified atom stereocenters. The summed E-state index contributed by atoms with van der Waals surface area (Å²) < 4.78 is 1.60. The molecular weight excluding hydrogens is 420 g/mol. The summed E-state index contributed by atoms with van der Waals surface area (Å²) in [5, 5.41) is 6.69. The second-order valence-electron chi connectivity index (χ2n) is 8.15. The first-order valence-corrected chi connectivity index (χ1v) is 11.1. The van der Waals surface area contributed by atoms with E-state index in [9.17, 15) is 9.59 Å². The summed E-state index contributed by atoms with van der Waals surface area (Å²) in [6.07, 6.45) is 3.39. The third kappa shape index (κ3) is 3.93. The van der Waals surface area contributed by atoms with Crippen LogP contribution < -0.4 is 21.2 Å². The Balaban J connectivity index is 1.30. The van der Waals surface area contributed by atoms with E-state index in [2.05, 4.69) is 41.5 Å². The van der Waals surface area contributed by atoms with Gasteiger partial charge in [-0.2, -0.15) is 4.98 Å². The van der Waals surface area contributed by atoms with Crippen LogP contribution in [0.4, 0.5) is 17.2 Å². The number of hydrogen-bond donors (Lipinski definition) is 2. The number of hydrogen-bond acceptors (Lipinski definition) is 8. The number of rotatable bonds is 5. The highest BCUT2D eigenvalue weighted by Crippen LogP contribution is 2.34. The number of aromatic nitrogens is 3. The normalized spacial score (nSPS) is 15.5. The Labute approximate surface area is 191 Å². The van der Waals surface area contributed by atoms with E-state index in [4.69, 9.17) is 0 Å². The second kappa shape index (κ2) is 8.62. The summed E-state index contributed by atoms with van der Waals surface area (Å²) in [4.78, 5) is 41.8. The Morgan fingerprint density at radius 3 is 2.70 bits per heavy atom. The average Bonchev–Trinajstić information content (AvgIpc) is 2.84. The van der Waals surface area contributed by atoms with Crippen molar-refractivity contribution < 1.29 is 4.79 Å². The summed E-state index contributed by atoms with van der Waals surface area (Å²) >= 11 is 0. The van der Waals surface area contributed by atoms with E-state index in [0.29, 0.717) is 23.6 Å². The molecule has 3 aromatic rings. The molecule has 2 N–H and O–H groups in total. The SMILES string of the molecule is CCn1c2c3c(cc(CN4CCN(c5ccc(C(=O)NC)nc5)CC4)cc3nc1=O)NC=N2. The van der Waals surface area contributed by atoms with Gasteiger partial charge in [0.2, 0.25) is 0 Å². The largest absolute Gasteiger partial charge is 0.368 e. The molecule has 170 valence electrons. The van der Waals surface area contributed by atoms with Gasteiger partial charge in [0.05, 0.1) is 34.8 Å². The van der Waals surface area contributed by atoms with Gasteiger partial charge < -0.3 is 15.5 Å². The minimum absolute atomic E-state index is 0.184. The van der Waals surface area contributed by atoms with Gasteiger partial charge in [0.25, 0.3) is 5.91 Å². The third-order valence-electron chi connectivity index (χ3n) is 6.18. The molecule has 5 rings (SSSR count). The number of piperazine rings is 1. The lowest BCUT2D eigenvalue weighted by Gasteiger charge is -2.36. The molecule has 2 aromatic heterocycles. The predicted molar refractivity (Wildman–Crippen MR) is 129 cm³/mol. The molecule has 1 saturated heterocycles. The average molecular weight is 447 g/mol. The Morgan fingerprint density at radius 2 is 2.00 bits per heavy atom. The van der Waals surface area contributed by atoms with Crippen molar-refractivity contribution in [2.24, 2.45) is 4.99 Å². The zero-order chi connectivity index (χ0) is 22.9. The lowest BCUT2D eigenvalue weighted by Crippen LogP contribution is -2.46. The number of carbonyl (C=O) groups is 1. The zero-order valence-corrected chi connectivity index (χ0v) is 18.7. The molecule has 0 atom stereocenters. The maximum atomic E-state index is 12.4. The highest BCUT2D eigenvalue weighted by atomic mass is 16.2. The molecule has 33 heavy (non-hydrogen) atoms. The van der Waals surface area contributed by atoms with Crippen molar-refractivity contribution in [3.05, 3.63) is 52.2 Å². The quantitative estimate of drug-likeness (QED) is 0.613. The summed E-state index contributed by atoms with van der Waals surface area (Å²) in [7, 11) is 1.60. The standard InChI is InChI=1S/C23H26N8O2/c1-3-31-21-20-18(26-14-27-21)10-15(11-19(20)28-23(31)33)13-29-6-8-30(9-7-29)16-4-5-17(25-12-16)22(32)24-2/h4-5,10-12,14H,3,6-9,13H2,1-2H3,(H,24,32)(H,26,27). The van der Waals surface area contributed by atoms with Gasteiger partial charge in [-0.25, -0.2) is 14.8 Å². The fraction of sp³-hybridized carbons (Fsp3) is 0.348. The Morgan fingerprint density at radius 1 is 1.18 bits per heavy atom. The molecule has 0 saturated carbocycles. The van der Waals surface area contributed by atoms with Crippen LogP contribution >= 0.6 is 0 Å². The Kier molecular flexibility index (Phi) is 5.51. The maximum absolute atomic E-state index is 12.4. The first-order valence-electron chi connectivity index (χ1n) is 11.1. The van der Waals surface area contributed by atoms with Gasteiger partial charge in [-0.1, -0.05) is 0 Å². The molecule has 2 aliphatic heterocycles. The molecule has 1 fully saturated rings. The van der Waals surface area contributed by atoms with E-state index in [1.807, 2.05) is 19.1 Å². The molecule has 10 nitrogen and oxygen atoms in total. The molecule has 2 aliphatic rings. The van der Waals surface area contributed by atoms with Crippen molar-refractivity contribution in [1.82, 2.24) is 24.8 Å². The Bertz CT molecular complexity index is 1290. The third-order valence-corrected chi connectivity index (χ3v) is 6.18. The van der Waals surface area contributed by atoms with E-state index in [1.165, 1.54) is 0 Å². The highest BCUT2D eigenvalue weighted by molar-refractivity contribution is 6.06. The smallest absolute Gasteiger partial charge is 0.349 e. The maximum Gasteiger partial charge on any atom is 0.349 e. The summed E-state index contributed by atoms with van der Waals surface area (Å²) in [6.45, 7) is 6.77. The molecule has 0 bridgehead atoms. The molecule has 1 amide bonds. The molecule has 0 radical (unpaired) electrons. The first kappa shape index (κ1) is 21.1. The van der Waals surface area contributed by atoms with Crippen LogP contribution in [-0.4, -0.2) is 64.9 Å². The van der Waals surface area contributed by atoms with E-state index in [1.54, 1.807) is 30.2 Å². The minimum Gasteiger partial charge on any atom is -0.368 e. The van der Waals surface area contributed by atoms with Crippen molar-refractivity contribution >= 4 is 40.3 Å². The monoisotopic (exact) mass is 446 g/mol. The van der Waals surface area contributed by atoms with Gasteiger partial charge in [0.15, 0.2) is 0 Å². The van der Waals surface area contributed by atoms with Crippen LogP contribution in [-0.2, 0) is 13.1 Å². The van der Waals surface area contributed by atoms with Crippen molar-refractivity contribution in [2.45, 2.75) is 20.0 Å². The van der Waals surface area contributed by atoms with Crippen LogP contribution in [0.1, 0.15) is 23.0 Å². The van der Waals surface area contributed by atoms with Gasteiger partial charge >= 0.3 is 5.69 Å². The van der Waals surface area contributed by atoms with E-state index < -0.39 is 0 Å². The summed E-state index contributed by atoms with van der Waals surface area (Å²) in [6, 6.07) is 7.82. The number of amides is 1. The lowest BCUT2D eigenvalue weighted by atomic mass is 10.1. The highest BCUT2D eigenvalue weighted by Gasteiger charge is 2.21. The van der Waals surface area contributed by atoms with Crippen molar-refractivity contribution in [3.8, 4) is 0 Å². The number of aliphatic imine (C=N–C) groups is 1. The van der Waals surface area contributed by atoms with Gasteiger partial charge in [0.1, 0.15) is 11.5 Å². The van der Waals surface area contributed by atoms with Crippen LogP contribution in [0.5, 0.6) is 0 Å². The minimum atomic E-state index is -0.271. The molecule has 4 heterocycles. The predicted octanol–water partition coefficient (Wildman–Crippen LogP) is 1.58. The topological polar surface area (TPSA) is 108 Å². The molecular formula is C23H26N8O2. The summed E-state index contributed by atoms with van der Waals surface area (Å²) in [5.74, 6) is 0.481. The molecule has 1 aromatic carbocycles. The number of anilines is 2. The number of nitrogens with one attached hydrogen (secondary N) is 2. The zero-order valence-electron chi connectivity index (χ0n) is 18.7. The summed E-state index contributed by atoms with van der Waals surface area (Å²) in [5.41, 5.74) is 3.89. The molecule has 0 aliphatic carbocycles. The van der Waals surface area contributed by atoms with Crippen LogP contribution in [0.15, 0.2) is 40.2 Å².